The van der Waals surface area contributed by atoms with Crippen LogP contribution >= 0.6 is 0 Å². The van der Waals surface area contributed by atoms with Gasteiger partial charge in [-0.2, -0.15) is 0 Å². The van der Waals surface area contributed by atoms with Crippen molar-refractivity contribution in [2.75, 3.05) is 7.05 Å². The van der Waals surface area contributed by atoms with Gasteiger partial charge in [0.2, 0.25) is 5.91 Å². The maximum Gasteiger partial charge on any atom is 0.219 e. The highest BCUT2D eigenvalue weighted by atomic mass is 16.1. The zero-order valence-corrected chi connectivity index (χ0v) is 7.39. The van der Waals surface area contributed by atoms with E-state index in [4.69, 9.17) is 5.73 Å². The molecule has 3 nitrogen and oxygen atoms in total. The molecule has 0 aromatic carbocycles. The normalized spacial score (nSPS) is 12.6. The highest BCUT2D eigenvalue weighted by Gasteiger charge is 2.01. The molecule has 0 saturated heterocycles. The van der Waals surface area contributed by atoms with Gasteiger partial charge in [0.25, 0.3) is 0 Å². The van der Waals surface area contributed by atoms with Crippen molar-refractivity contribution in [1.29, 1.82) is 0 Å². The third-order valence-electron chi connectivity index (χ3n) is 1.78. The van der Waals surface area contributed by atoms with Gasteiger partial charge in [-0.3, -0.25) is 4.79 Å². The molecule has 11 heavy (non-hydrogen) atoms. The van der Waals surface area contributed by atoms with Gasteiger partial charge in [0, 0.05) is 19.5 Å². The quantitative estimate of drug-likeness (QED) is 0.617. The molecule has 0 aliphatic heterocycles. The molecule has 0 aliphatic rings. The van der Waals surface area contributed by atoms with Crippen molar-refractivity contribution in [1.82, 2.24) is 5.32 Å². The minimum absolute atomic E-state index is 0.105. The van der Waals surface area contributed by atoms with Crippen LogP contribution in [0.5, 0.6) is 0 Å². The summed E-state index contributed by atoms with van der Waals surface area (Å²) in [5.74, 6) is 0.105. The van der Waals surface area contributed by atoms with Crippen molar-refractivity contribution in [3.05, 3.63) is 0 Å². The molecule has 1 unspecified atom stereocenters. The van der Waals surface area contributed by atoms with Gasteiger partial charge < -0.3 is 11.1 Å². The molecule has 3 N–H and O–H groups in total. The van der Waals surface area contributed by atoms with E-state index in [2.05, 4.69) is 12.2 Å². The number of amides is 1. The Balaban J connectivity index is 3.20. The summed E-state index contributed by atoms with van der Waals surface area (Å²) in [5.41, 5.74) is 5.67. The molecule has 0 fully saturated rings. The number of hydrogen-bond donors (Lipinski definition) is 2. The Morgan fingerprint density at radius 3 is 2.73 bits per heavy atom. The van der Waals surface area contributed by atoms with E-state index < -0.39 is 0 Å². The van der Waals surface area contributed by atoms with Crippen molar-refractivity contribution >= 4 is 5.91 Å². The Bertz CT molecular complexity index is 115. The number of carbonyl (C=O) groups excluding carboxylic acids is 1. The lowest BCUT2D eigenvalue weighted by Gasteiger charge is -2.06. The molecular weight excluding hydrogens is 140 g/mol. The Morgan fingerprint density at radius 2 is 2.27 bits per heavy atom. The van der Waals surface area contributed by atoms with Gasteiger partial charge in [-0.15, -0.1) is 0 Å². The van der Waals surface area contributed by atoms with Gasteiger partial charge in [-0.05, 0) is 19.3 Å². The fourth-order valence-corrected chi connectivity index (χ4v) is 0.854. The first-order valence-electron chi connectivity index (χ1n) is 4.16. The van der Waals surface area contributed by atoms with Crippen LogP contribution in [0.1, 0.15) is 32.6 Å². The minimum Gasteiger partial charge on any atom is -0.359 e. The van der Waals surface area contributed by atoms with Crippen molar-refractivity contribution in [3.8, 4) is 0 Å². The number of carbonyl (C=O) groups is 1. The molecule has 3 heteroatoms. The Kier molecular flexibility index (Phi) is 5.84. The van der Waals surface area contributed by atoms with E-state index in [0.717, 1.165) is 19.3 Å². The topological polar surface area (TPSA) is 55.1 Å². The number of nitrogens with one attached hydrogen (secondary N) is 1. The molecule has 0 heterocycles. The maximum absolute atomic E-state index is 10.7. The molecule has 1 amide bonds. The lowest BCUT2D eigenvalue weighted by molar-refractivity contribution is -0.120. The fraction of sp³-hybridized carbons (Fsp3) is 0.875. The predicted molar refractivity (Wildman–Crippen MR) is 46.2 cm³/mol. The van der Waals surface area contributed by atoms with Gasteiger partial charge in [0.1, 0.15) is 0 Å². The van der Waals surface area contributed by atoms with Crippen molar-refractivity contribution in [2.24, 2.45) is 5.73 Å². The Labute approximate surface area is 68.3 Å². The predicted octanol–water partition coefficient (Wildman–Crippen LogP) is 0.640. The van der Waals surface area contributed by atoms with Crippen LogP contribution in [0.3, 0.4) is 0 Å². The lowest BCUT2D eigenvalue weighted by Crippen LogP contribution is -2.21. The van der Waals surface area contributed by atoms with E-state index in [-0.39, 0.29) is 11.9 Å². The second-order valence-corrected chi connectivity index (χ2v) is 2.73. The van der Waals surface area contributed by atoms with E-state index in [0.29, 0.717) is 6.42 Å². The smallest absolute Gasteiger partial charge is 0.219 e. The molecule has 0 radical (unpaired) electrons. The van der Waals surface area contributed by atoms with E-state index >= 15 is 0 Å². The van der Waals surface area contributed by atoms with Gasteiger partial charge in [0.15, 0.2) is 0 Å². The van der Waals surface area contributed by atoms with Crippen LogP contribution in [-0.4, -0.2) is 19.0 Å². The van der Waals surface area contributed by atoms with E-state index in [1.54, 1.807) is 7.05 Å². The Morgan fingerprint density at radius 1 is 1.64 bits per heavy atom. The summed E-state index contributed by atoms with van der Waals surface area (Å²) in [5, 5.41) is 2.58. The fourth-order valence-electron chi connectivity index (χ4n) is 0.854. The minimum atomic E-state index is 0.105. The standard InChI is InChI=1S/C8H18N2O/c1-3-7(9)5-4-6-8(11)10-2/h7H,3-6,9H2,1-2H3,(H,10,11). The molecule has 0 aromatic heterocycles. The summed E-state index contributed by atoms with van der Waals surface area (Å²) in [4.78, 5) is 10.7. The van der Waals surface area contributed by atoms with Crippen molar-refractivity contribution in [3.63, 3.8) is 0 Å². The molecule has 1 atom stereocenters. The Hall–Kier alpha value is -0.570. The maximum atomic E-state index is 10.7. The second-order valence-electron chi connectivity index (χ2n) is 2.73. The third kappa shape index (κ3) is 5.85. The largest absolute Gasteiger partial charge is 0.359 e. The first kappa shape index (κ1) is 10.4. The van der Waals surface area contributed by atoms with Crippen molar-refractivity contribution < 1.29 is 4.79 Å². The summed E-state index contributed by atoms with van der Waals surface area (Å²) < 4.78 is 0. The highest BCUT2D eigenvalue weighted by Crippen LogP contribution is 2.00. The van der Waals surface area contributed by atoms with Gasteiger partial charge in [-0.1, -0.05) is 6.92 Å². The van der Waals surface area contributed by atoms with Crippen LogP contribution < -0.4 is 11.1 Å². The van der Waals surface area contributed by atoms with Crippen LogP contribution in [0.15, 0.2) is 0 Å². The molecule has 0 rings (SSSR count). The molecule has 0 aromatic rings. The van der Waals surface area contributed by atoms with Gasteiger partial charge in [-0.25, -0.2) is 0 Å². The van der Waals surface area contributed by atoms with Gasteiger partial charge in [0.05, 0.1) is 0 Å². The summed E-state index contributed by atoms with van der Waals surface area (Å²) in [6.07, 6.45) is 3.44. The summed E-state index contributed by atoms with van der Waals surface area (Å²) >= 11 is 0. The number of hydrogen-bond acceptors (Lipinski definition) is 2. The third-order valence-corrected chi connectivity index (χ3v) is 1.78. The molecule has 0 aliphatic carbocycles. The molecule has 66 valence electrons. The van der Waals surface area contributed by atoms with Crippen LogP contribution in [0.2, 0.25) is 0 Å². The molecular formula is C8H18N2O. The van der Waals surface area contributed by atoms with E-state index in [9.17, 15) is 4.79 Å². The zero-order chi connectivity index (χ0) is 8.69. The molecule has 0 spiro atoms. The highest BCUT2D eigenvalue weighted by molar-refractivity contribution is 5.75. The zero-order valence-electron chi connectivity index (χ0n) is 7.39. The second kappa shape index (κ2) is 6.16. The SMILES string of the molecule is CCC(N)CCCC(=O)NC. The molecule has 0 saturated carbocycles. The summed E-state index contributed by atoms with van der Waals surface area (Å²) in [6, 6.07) is 0.264. The number of nitrogens with two attached hydrogens (primary N) is 1. The molecule has 0 bridgehead atoms. The van der Waals surface area contributed by atoms with Crippen LogP contribution in [0.4, 0.5) is 0 Å². The van der Waals surface area contributed by atoms with Gasteiger partial charge >= 0.3 is 0 Å². The average molecular weight is 158 g/mol. The number of rotatable bonds is 5. The summed E-state index contributed by atoms with van der Waals surface area (Å²) in [7, 11) is 1.65. The summed E-state index contributed by atoms with van der Waals surface area (Å²) in [6.45, 7) is 2.06. The first-order chi connectivity index (χ1) is 5.20. The van der Waals surface area contributed by atoms with Crippen LogP contribution in [-0.2, 0) is 4.79 Å². The first-order valence-corrected chi connectivity index (χ1v) is 4.16. The van der Waals surface area contributed by atoms with E-state index in [1.807, 2.05) is 0 Å². The van der Waals surface area contributed by atoms with Crippen molar-refractivity contribution in [2.45, 2.75) is 38.6 Å². The van der Waals surface area contributed by atoms with Crippen LogP contribution in [0.25, 0.3) is 0 Å². The lowest BCUT2D eigenvalue weighted by atomic mass is 10.1. The monoisotopic (exact) mass is 158 g/mol. The van der Waals surface area contributed by atoms with E-state index in [1.165, 1.54) is 0 Å². The van der Waals surface area contributed by atoms with Crippen LogP contribution in [0, 0.1) is 0 Å². The average Bonchev–Trinajstić information content (AvgIpc) is 2.04.